The summed E-state index contributed by atoms with van der Waals surface area (Å²) >= 11 is 3.35. The molecule has 0 saturated carbocycles. The van der Waals surface area contributed by atoms with E-state index in [9.17, 15) is 0 Å². The second-order valence-electron chi connectivity index (χ2n) is 5.21. The first-order valence-corrected chi connectivity index (χ1v) is 7.79. The van der Waals surface area contributed by atoms with Crippen LogP contribution in [0.2, 0.25) is 0 Å². The van der Waals surface area contributed by atoms with Crippen LogP contribution in [-0.2, 0) is 6.54 Å². The van der Waals surface area contributed by atoms with Gasteiger partial charge in [-0.05, 0) is 29.8 Å². The Morgan fingerprint density at radius 1 is 1.14 bits per heavy atom. The second-order valence-corrected chi connectivity index (χ2v) is 6.13. The lowest BCUT2D eigenvalue weighted by molar-refractivity contribution is 0.224. The lowest BCUT2D eigenvalue weighted by atomic mass is 10.3. The number of aryl methyl sites for hydroxylation is 2. The maximum atomic E-state index is 5.65. The number of aromatic nitrogens is 3. The molecule has 21 heavy (non-hydrogen) atoms. The molecule has 112 valence electrons. The second kappa shape index (κ2) is 6.11. The Bertz CT molecular complexity index is 585. The van der Waals surface area contributed by atoms with E-state index in [1.54, 1.807) is 12.4 Å². The summed E-state index contributed by atoms with van der Waals surface area (Å²) in [5, 5.41) is 0. The highest BCUT2D eigenvalue weighted by Gasteiger charge is 2.20. The summed E-state index contributed by atoms with van der Waals surface area (Å²) in [5.41, 5.74) is 0.979. The summed E-state index contributed by atoms with van der Waals surface area (Å²) in [7, 11) is 0. The molecule has 1 aliphatic heterocycles. The first kappa shape index (κ1) is 14.5. The Labute approximate surface area is 132 Å². The largest absolute Gasteiger partial charge is 0.444 e. The molecule has 2 aromatic heterocycles. The highest BCUT2D eigenvalue weighted by molar-refractivity contribution is 9.10. The Morgan fingerprint density at radius 3 is 2.38 bits per heavy atom. The van der Waals surface area contributed by atoms with Gasteiger partial charge in [-0.25, -0.2) is 15.0 Å². The van der Waals surface area contributed by atoms with E-state index in [1.807, 2.05) is 13.8 Å². The smallest absolute Gasteiger partial charge is 0.225 e. The van der Waals surface area contributed by atoms with Crippen molar-refractivity contribution >= 4 is 21.9 Å². The molecule has 3 rings (SSSR count). The standard InChI is InChI=1S/C14H18BrN5O/c1-10-11(2)21-13(18-10)9-19-3-5-20(6-4-19)14-16-7-12(15)8-17-14/h7-8H,3-6,9H2,1-2H3. The number of piperazine rings is 1. The molecular formula is C14H18BrN5O. The predicted molar refractivity (Wildman–Crippen MR) is 83.2 cm³/mol. The van der Waals surface area contributed by atoms with Crippen LogP contribution in [-0.4, -0.2) is 46.0 Å². The summed E-state index contributed by atoms with van der Waals surface area (Å²) in [6.45, 7) is 8.45. The van der Waals surface area contributed by atoms with Crippen molar-refractivity contribution in [3.63, 3.8) is 0 Å². The highest BCUT2D eigenvalue weighted by Crippen LogP contribution is 2.15. The summed E-state index contributed by atoms with van der Waals surface area (Å²) in [5.74, 6) is 2.51. The van der Waals surface area contributed by atoms with E-state index in [0.717, 1.165) is 60.5 Å². The van der Waals surface area contributed by atoms with Crippen LogP contribution in [0.4, 0.5) is 5.95 Å². The Hall–Kier alpha value is -1.47. The normalized spacial score (nSPS) is 16.4. The van der Waals surface area contributed by atoms with Crippen LogP contribution in [0.5, 0.6) is 0 Å². The van der Waals surface area contributed by atoms with Gasteiger partial charge in [0, 0.05) is 38.6 Å². The Morgan fingerprint density at radius 2 is 1.81 bits per heavy atom. The lowest BCUT2D eigenvalue weighted by Crippen LogP contribution is -2.46. The van der Waals surface area contributed by atoms with E-state index in [4.69, 9.17) is 4.42 Å². The lowest BCUT2D eigenvalue weighted by Gasteiger charge is -2.33. The quantitative estimate of drug-likeness (QED) is 0.844. The molecule has 0 unspecified atom stereocenters. The van der Waals surface area contributed by atoms with Gasteiger partial charge in [0.05, 0.1) is 16.7 Å². The fourth-order valence-electron chi connectivity index (χ4n) is 2.37. The molecule has 7 heteroatoms. The van der Waals surface area contributed by atoms with Gasteiger partial charge < -0.3 is 9.32 Å². The highest BCUT2D eigenvalue weighted by atomic mass is 79.9. The maximum absolute atomic E-state index is 5.65. The first-order chi connectivity index (χ1) is 10.1. The van der Waals surface area contributed by atoms with Crippen LogP contribution in [0.25, 0.3) is 0 Å². The van der Waals surface area contributed by atoms with Gasteiger partial charge in [0.2, 0.25) is 11.8 Å². The molecule has 0 spiro atoms. The van der Waals surface area contributed by atoms with Crippen LogP contribution >= 0.6 is 15.9 Å². The minimum Gasteiger partial charge on any atom is -0.444 e. The molecule has 1 fully saturated rings. The van der Waals surface area contributed by atoms with Crippen molar-refractivity contribution in [1.29, 1.82) is 0 Å². The van der Waals surface area contributed by atoms with Crippen molar-refractivity contribution in [3.8, 4) is 0 Å². The summed E-state index contributed by atoms with van der Waals surface area (Å²) in [6.07, 6.45) is 3.57. The number of oxazole rings is 1. The van der Waals surface area contributed by atoms with E-state index in [2.05, 4.69) is 40.7 Å². The van der Waals surface area contributed by atoms with E-state index in [1.165, 1.54) is 0 Å². The molecule has 0 aliphatic carbocycles. The monoisotopic (exact) mass is 351 g/mol. The number of anilines is 1. The summed E-state index contributed by atoms with van der Waals surface area (Å²) in [4.78, 5) is 17.7. The van der Waals surface area contributed by atoms with E-state index < -0.39 is 0 Å². The zero-order chi connectivity index (χ0) is 14.8. The van der Waals surface area contributed by atoms with Gasteiger partial charge in [-0.3, -0.25) is 4.90 Å². The van der Waals surface area contributed by atoms with E-state index >= 15 is 0 Å². The molecule has 0 aromatic carbocycles. The molecule has 1 aliphatic rings. The average Bonchev–Trinajstić information content (AvgIpc) is 2.79. The Kier molecular flexibility index (Phi) is 4.21. The molecule has 2 aromatic rings. The van der Waals surface area contributed by atoms with Gasteiger partial charge in [-0.15, -0.1) is 0 Å². The van der Waals surface area contributed by atoms with Crippen LogP contribution in [0.1, 0.15) is 17.3 Å². The molecule has 0 N–H and O–H groups in total. The van der Waals surface area contributed by atoms with E-state index in [0.29, 0.717) is 0 Å². The minimum atomic E-state index is 0.768. The molecule has 3 heterocycles. The van der Waals surface area contributed by atoms with Gasteiger partial charge in [-0.2, -0.15) is 0 Å². The molecule has 0 amide bonds. The topological polar surface area (TPSA) is 58.3 Å². The fourth-order valence-corrected chi connectivity index (χ4v) is 2.58. The van der Waals surface area contributed by atoms with Crippen LogP contribution in [0.3, 0.4) is 0 Å². The number of halogens is 1. The number of nitrogens with zero attached hydrogens (tertiary/aromatic N) is 5. The van der Waals surface area contributed by atoms with Gasteiger partial charge >= 0.3 is 0 Å². The van der Waals surface area contributed by atoms with Gasteiger partial charge in [0.25, 0.3) is 0 Å². The van der Waals surface area contributed by atoms with Crippen molar-refractivity contribution in [2.24, 2.45) is 0 Å². The summed E-state index contributed by atoms with van der Waals surface area (Å²) in [6, 6.07) is 0. The van der Waals surface area contributed by atoms with Crippen molar-refractivity contribution in [3.05, 3.63) is 34.2 Å². The number of hydrogen-bond donors (Lipinski definition) is 0. The van der Waals surface area contributed by atoms with Gasteiger partial charge in [0.15, 0.2) is 0 Å². The molecule has 0 atom stereocenters. The average molecular weight is 352 g/mol. The van der Waals surface area contributed by atoms with Crippen LogP contribution in [0, 0.1) is 13.8 Å². The number of rotatable bonds is 3. The zero-order valence-corrected chi connectivity index (χ0v) is 13.8. The van der Waals surface area contributed by atoms with Crippen molar-refractivity contribution in [2.45, 2.75) is 20.4 Å². The fraction of sp³-hybridized carbons (Fsp3) is 0.500. The van der Waals surface area contributed by atoms with Gasteiger partial charge in [0.1, 0.15) is 5.76 Å². The van der Waals surface area contributed by atoms with Gasteiger partial charge in [-0.1, -0.05) is 0 Å². The maximum Gasteiger partial charge on any atom is 0.225 e. The van der Waals surface area contributed by atoms with Crippen LogP contribution < -0.4 is 4.90 Å². The SMILES string of the molecule is Cc1nc(CN2CCN(c3ncc(Br)cn3)CC2)oc1C. The van der Waals surface area contributed by atoms with Crippen molar-refractivity contribution in [1.82, 2.24) is 19.9 Å². The predicted octanol–water partition coefficient (Wildman–Crippen LogP) is 2.17. The number of hydrogen-bond acceptors (Lipinski definition) is 6. The third-order valence-corrected chi connectivity index (χ3v) is 4.10. The minimum absolute atomic E-state index is 0.768. The molecule has 0 radical (unpaired) electrons. The molecule has 6 nitrogen and oxygen atoms in total. The molecule has 1 saturated heterocycles. The molecular weight excluding hydrogens is 334 g/mol. The van der Waals surface area contributed by atoms with Crippen LogP contribution in [0.15, 0.2) is 21.3 Å². The first-order valence-electron chi connectivity index (χ1n) is 6.99. The third-order valence-electron chi connectivity index (χ3n) is 3.69. The third kappa shape index (κ3) is 3.41. The molecule has 0 bridgehead atoms. The Balaban J connectivity index is 1.56. The van der Waals surface area contributed by atoms with Crippen molar-refractivity contribution < 1.29 is 4.42 Å². The van der Waals surface area contributed by atoms with Crippen molar-refractivity contribution in [2.75, 3.05) is 31.1 Å². The summed E-state index contributed by atoms with van der Waals surface area (Å²) < 4.78 is 6.55. The zero-order valence-electron chi connectivity index (χ0n) is 12.2. The van der Waals surface area contributed by atoms with E-state index in [-0.39, 0.29) is 0 Å².